The van der Waals surface area contributed by atoms with Crippen LogP contribution in [0.25, 0.3) is 0 Å². The third kappa shape index (κ3) is 5.95. The predicted octanol–water partition coefficient (Wildman–Crippen LogP) is 1.82. The lowest BCUT2D eigenvalue weighted by Crippen LogP contribution is -2.37. The highest BCUT2D eigenvalue weighted by atomic mass is 32.1. The Morgan fingerprint density at radius 3 is 2.60 bits per heavy atom. The van der Waals surface area contributed by atoms with Crippen molar-refractivity contribution in [1.29, 1.82) is 0 Å². The zero-order valence-electron chi connectivity index (χ0n) is 9.55. The van der Waals surface area contributed by atoms with Crippen molar-refractivity contribution in [2.24, 2.45) is 0 Å². The van der Waals surface area contributed by atoms with Crippen LogP contribution in [0.1, 0.15) is 39.0 Å². The van der Waals surface area contributed by atoms with Crippen molar-refractivity contribution in [2.75, 3.05) is 19.7 Å². The highest BCUT2D eigenvalue weighted by Crippen LogP contribution is 2.20. The summed E-state index contributed by atoms with van der Waals surface area (Å²) in [5, 5.41) is 7.00. The van der Waals surface area contributed by atoms with Gasteiger partial charge < -0.3 is 15.4 Å². The molecule has 0 aliphatic heterocycles. The monoisotopic (exact) mass is 230 g/mol. The molecule has 1 aliphatic carbocycles. The molecule has 1 fully saturated rings. The molecule has 15 heavy (non-hydrogen) atoms. The molecule has 0 amide bonds. The molecule has 1 rings (SSSR count). The van der Waals surface area contributed by atoms with Gasteiger partial charge in [0.25, 0.3) is 0 Å². The molecule has 0 aromatic heterocycles. The number of nitrogens with one attached hydrogen (secondary N) is 2. The summed E-state index contributed by atoms with van der Waals surface area (Å²) >= 11 is 5.09. The minimum Gasteiger partial charge on any atom is -0.376 e. The van der Waals surface area contributed by atoms with Crippen molar-refractivity contribution in [3.63, 3.8) is 0 Å². The largest absolute Gasteiger partial charge is 0.376 e. The van der Waals surface area contributed by atoms with Crippen LogP contribution in [0.4, 0.5) is 0 Å². The SMILES string of the molecule is CCCNC(=S)NCCOC1CCCC1. The zero-order chi connectivity index (χ0) is 10.9. The molecule has 3 nitrogen and oxygen atoms in total. The number of hydrogen-bond donors (Lipinski definition) is 2. The van der Waals surface area contributed by atoms with Crippen molar-refractivity contribution < 1.29 is 4.74 Å². The molecule has 1 aliphatic rings. The fraction of sp³-hybridized carbons (Fsp3) is 0.909. The minimum absolute atomic E-state index is 0.504. The van der Waals surface area contributed by atoms with E-state index in [9.17, 15) is 0 Å². The average Bonchev–Trinajstić information content (AvgIpc) is 2.74. The van der Waals surface area contributed by atoms with Gasteiger partial charge in [-0.25, -0.2) is 0 Å². The Bertz CT molecular complexity index is 181. The minimum atomic E-state index is 0.504. The highest BCUT2D eigenvalue weighted by molar-refractivity contribution is 7.80. The lowest BCUT2D eigenvalue weighted by atomic mass is 10.3. The van der Waals surface area contributed by atoms with Gasteiger partial charge in [0.1, 0.15) is 0 Å². The quantitative estimate of drug-likeness (QED) is 0.539. The van der Waals surface area contributed by atoms with Gasteiger partial charge in [0.05, 0.1) is 12.7 Å². The second kappa shape index (κ2) is 7.88. The maximum absolute atomic E-state index is 5.71. The first-order valence-electron chi connectivity index (χ1n) is 5.96. The van der Waals surface area contributed by atoms with Gasteiger partial charge in [0.15, 0.2) is 5.11 Å². The zero-order valence-corrected chi connectivity index (χ0v) is 10.4. The van der Waals surface area contributed by atoms with Crippen molar-refractivity contribution >= 4 is 17.3 Å². The Morgan fingerprint density at radius 1 is 1.27 bits per heavy atom. The fourth-order valence-corrected chi connectivity index (χ4v) is 1.95. The van der Waals surface area contributed by atoms with E-state index in [-0.39, 0.29) is 0 Å². The van der Waals surface area contributed by atoms with Gasteiger partial charge in [-0.05, 0) is 31.5 Å². The smallest absolute Gasteiger partial charge is 0.166 e. The first-order valence-corrected chi connectivity index (χ1v) is 6.37. The molecule has 0 atom stereocenters. The van der Waals surface area contributed by atoms with Crippen LogP contribution in [0, 0.1) is 0 Å². The third-order valence-electron chi connectivity index (χ3n) is 2.58. The standard InChI is InChI=1S/C11H22N2OS/c1-2-7-12-11(15)13-8-9-14-10-5-3-4-6-10/h10H,2-9H2,1H3,(H2,12,13,15). The summed E-state index contributed by atoms with van der Waals surface area (Å²) in [6, 6.07) is 0. The number of hydrogen-bond acceptors (Lipinski definition) is 2. The van der Waals surface area contributed by atoms with E-state index in [4.69, 9.17) is 17.0 Å². The Morgan fingerprint density at radius 2 is 1.93 bits per heavy atom. The van der Waals surface area contributed by atoms with Crippen molar-refractivity contribution in [3.8, 4) is 0 Å². The van der Waals surface area contributed by atoms with E-state index in [1.165, 1.54) is 25.7 Å². The summed E-state index contributed by atoms with van der Waals surface area (Å²) in [5.74, 6) is 0. The molecule has 1 saturated carbocycles. The normalized spacial score (nSPS) is 16.6. The topological polar surface area (TPSA) is 33.3 Å². The molecule has 4 heteroatoms. The molecule has 0 bridgehead atoms. The summed E-state index contributed by atoms with van der Waals surface area (Å²) < 4.78 is 5.71. The van der Waals surface area contributed by atoms with Crippen LogP contribution in [0.15, 0.2) is 0 Å². The van der Waals surface area contributed by atoms with E-state index in [1.54, 1.807) is 0 Å². The van der Waals surface area contributed by atoms with Gasteiger partial charge in [-0.15, -0.1) is 0 Å². The van der Waals surface area contributed by atoms with E-state index in [1.807, 2.05) is 0 Å². The first kappa shape index (κ1) is 12.7. The van der Waals surface area contributed by atoms with Crippen LogP contribution in [0.5, 0.6) is 0 Å². The van der Waals surface area contributed by atoms with Crippen LogP contribution >= 0.6 is 12.2 Å². The van der Waals surface area contributed by atoms with E-state index >= 15 is 0 Å². The Hall–Kier alpha value is -0.350. The molecule has 0 saturated heterocycles. The lowest BCUT2D eigenvalue weighted by Gasteiger charge is -2.13. The predicted molar refractivity (Wildman–Crippen MR) is 67.1 cm³/mol. The maximum Gasteiger partial charge on any atom is 0.166 e. The second-order valence-electron chi connectivity index (χ2n) is 3.96. The first-order chi connectivity index (χ1) is 7.33. The lowest BCUT2D eigenvalue weighted by molar-refractivity contribution is 0.0623. The van der Waals surface area contributed by atoms with Gasteiger partial charge in [0.2, 0.25) is 0 Å². The van der Waals surface area contributed by atoms with Crippen LogP contribution < -0.4 is 10.6 Å². The molecule has 0 aromatic carbocycles. The molecule has 0 spiro atoms. The van der Waals surface area contributed by atoms with Gasteiger partial charge >= 0.3 is 0 Å². The van der Waals surface area contributed by atoms with Crippen LogP contribution in [0.3, 0.4) is 0 Å². The molecular weight excluding hydrogens is 208 g/mol. The highest BCUT2D eigenvalue weighted by Gasteiger charge is 2.14. The number of rotatable bonds is 6. The summed E-state index contributed by atoms with van der Waals surface area (Å²) in [6.07, 6.45) is 6.73. The van der Waals surface area contributed by atoms with Crippen LogP contribution in [-0.4, -0.2) is 30.9 Å². The fourth-order valence-electron chi connectivity index (χ4n) is 1.75. The van der Waals surface area contributed by atoms with E-state index < -0.39 is 0 Å². The van der Waals surface area contributed by atoms with Gasteiger partial charge in [-0.3, -0.25) is 0 Å². The average molecular weight is 230 g/mol. The molecule has 0 unspecified atom stereocenters. The van der Waals surface area contributed by atoms with E-state index in [0.717, 1.165) is 31.2 Å². The Balaban J connectivity index is 1.89. The van der Waals surface area contributed by atoms with Crippen molar-refractivity contribution in [3.05, 3.63) is 0 Å². The van der Waals surface area contributed by atoms with Gasteiger partial charge in [-0.2, -0.15) is 0 Å². The number of thiocarbonyl (C=S) groups is 1. The van der Waals surface area contributed by atoms with E-state index in [0.29, 0.717) is 6.10 Å². The van der Waals surface area contributed by atoms with E-state index in [2.05, 4.69) is 17.6 Å². The third-order valence-corrected chi connectivity index (χ3v) is 2.87. The Labute approximate surface area is 98.0 Å². The summed E-state index contributed by atoms with van der Waals surface area (Å²) in [6.45, 7) is 4.64. The molecule has 0 heterocycles. The second-order valence-corrected chi connectivity index (χ2v) is 4.37. The Kier molecular flexibility index (Phi) is 6.68. The van der Waals surface area contributed by atoms with Crippen molar-refractivity contribution in [2.45, 2.75) is 45.1 Å². The maximum atomic E-state index is 5.71. The van der Waals surface area contributed by atoms with Gasteiger partial charge in [0, 0.05) is 13.1 Å². The van der Waals surface area contributed by atoms with Crippen LogP contribution in [-0.2, 0) is 4.74 Å². The number of ether oxygens (including phenoxy) is 1. The summed E-state index contributed by atoms with van der Waals surface area (Å²) in [7, 11) is 0. The molecule has 2 N–H and O–H groups in total. The summed E-state index contributed by atoms with van der Waals surface area (Å²) in [4.78, 5) is 0. The molecule has 0 radical (unpaired) electrons. The van der Waals surface area contributed by atoms with Gasteiger partial charge in [-0.1, -0.05) is 19.8 Å². The molecule has 0 aromatic rings. The van der Waals surface area contributed by atoms with Crippen molar-refractivity contribution in [1.82, 2.24) is 10.6 Å². The molecular formula is C11H22N2OS. The summed E-state index contributed by atoms with van der Waals surface area (Å²) in [5.41, 5.74) is 0. The molecule has 88 valence electrons. The van der Waals surface area contributed by atoms with Crippen LogP contribution in [0.2, 0.25) is 0 Å².